The largest absolute Gasteiger partial charge is 0.582 e. The highest BCUT2D eigenvalue weighted by atomic mass is 32.7. The number of rotatable bonds is 9. The maximum Gasteiger partial charge on any atom is 0.582 e. The third kappa shape index (κ3) is 6.00. The van der Waals surface area contributed by atoms with E-state index in [0.29, 0.717) is 0 Å². The molecule has 0 aromatic rings. The van der Waals surface area contributed by atoms with Gasteiger partial charge in [-0.3, -0.25) is 9.59 Å². The van der Waals surface area contributed by atoms with Crippen molar-refractivity contribution in [2.45, 2.75) is 31.5 Å². The molecule has 0 spiro atoms. The zero-order valence-corrected chi connectivity index (χ0v) is 15.0. The van der Waals surface area contributed by atoms with Gasteiger partial charge in [-0.05, 0) is 11.5 Å². The molecule has 2 amide bonds. The molecule has 12 heteroatoms. The number of aliphatic hydroxyl groups is 1. The molecule has 3 unspecified atom stereocenters. The summed E-state index contributed by atoms with van der Waals surface area (Å²) in [5, 5.41) is 14.6. The fourth-order valence-corrected chi connectivity index (χ4v) is 2.74. The molecule has 136 valence electrons. The Morgan fingerprint density at radius 2 is 2.12 bits per heavy atom. The minimum absolute atomic E-state index is 0.230. The SMILES string of the molecule is CNC(=O)COC1C(O[P+](=O)S)[C@@H](CO)O[C@H]1N/C=C(/C)C(N)=O. The molecule has 1 aliphatic heterocycles. The molecule has 0 saturated carbocycles. The predicted molar refractivity (Wildman–Crippen MR) is 87.1 cm³/mol. The monoisotopic (exact) mass is 382 g/mol. The minimum Gasteiger partial charge on any atom is -0.394 e. The van der Waals surface area contributed by atoms with E-state index < -0.39 is 44.3 Å². The minimum atomic E-state index is -2.30. The average molecular weight is 382 g/mol. The van der Waals surface area contributed by atoms with Gasteiger partial charge in [0.25, 0.3) is 0 Å². The highest BCUT2D eigenvalue weighted by Gasteiger charge is 2.50. The second-order valence-electron chi connectivity index (χ2n) is 4.89. The van der Waals surface area contributed by atoms with Crippen molar-refractivity contribution in [2.24, 2.45) is 5.73 Å². The Bertz CT molecular complexity index is 519. The first-order valence-electron chi connectivity index (χ1n) is 6.94. The van der Waals surface area contributed by atoms with Crippen LogP contribution in [0.2, 0.25) is 0 Å². The Labute approximate surface area is 145 Å². The molecule has 24 heavy (non-hydrogen) atoms. The second-order valence-corrected chi connectivity index (χ2v) is 6.56. The predicted octanol–water partition coefficient (Wildman–Crippen LogP) is -1.21. The zero-order chi connectivity index (χ0) is 18.3. The lowest BCUT2D eigenvalue weighted by Crippen LogP contribution is -2.43. The van der Waals surface area contributed by atoms with Crippen LogP contribution in [0.1, 0.15) is 6.92 Å². The summed E-state index contributed by atoms with van der Waals surface area (Å²) < 4.78 is 27.4. The van der Waals surface area contributed by atoms with Gasteiger partial charge in [0.2, 0.25) is 11.8 Å². The molecule has 10 nitrogen and oxygen atoms in total. The molecular weight excluding hydrogens is 361 g/mol. The molecule has 1 saturated heterocycles. The number of thiol groups is 1. The highest BCUT2D eigenvalue weighted by Crippen LogP contribution is 2.36. The van der Waals surface area contributed by atoms with E-state index in [0.717, 1.165) is 0 Å². The topological polar surface area (TPSA) is 149 Å². The summed E-state index contributed by atoms with van der Waals surface area (Å²) in [5.74, 6) is -1.02. The molecule has 5 N–H and O–H groups in total. The standard InChI is InChI=1S/C12H20N3O7PS/c1-6(11(13)18)3-15-12-10(20-5-8(17)14-2)9(22-23(19)24)7(4-16)21-12/h3,7,9-10,12,16H,4-5H2,1-2H3,(H4-,13,14,15,17,18,19,24)/p+1/t7-,9?,10?,12-/m1/s1. The number of carbonyl (C=O) groups excluding carboxylic acids is 2. The smallest absolute Gasteiger partial charge is 0.394 e. The first-order chi connectivity index (χ1) is 11.3. The molecule has 5 atom stereocenters. The summed E-state index contributed by atoms with van der Waals surface area (Å²) in [6, 6.07) is 0. The third-order valence-corrected chi connectivity index (χ3v) is 3.95. The van der Waals surface area contributed by atoms with E-state index in [1.54, 1.807) is 0 Å². The number of carbonyl (C=O) groups is 2. The van der Waals surface area contributed by atoms with Gasteiger partial charge in [-0.25, -0.2) is 0 Å². The molecule has 0 aromatic heterocycles. The van der Waals surface area contributed by atoms with Crippen molar-refractivity contribution >= 4 is 31.3 Å². The van der Waals surface area contributed by atoms with Crippen LogP contribution in [0.3, 0.4) is 0 Å². The van der Waals surface area contributed by atoms with Crippen LogP contribution >= 0.6 is 19.5 Å². The van der Waals surface area contributed by atoms with E-state index in [9.17, 15) is 19.3 Å². The first kappa shape index (κ1) is 20.8. The number of hydrogen-bond acceptors (Lipinski definition) is 8. The maximum atomic E-state index is 11.4. The normalized spacial score (nSPS) is 27.7. The molecular formula is C12H21N3O7PS+. The summed E-state index contributed by atoms with van der Waals surface area (Å²) >= 11 is 3.68. The van der Waals surface area contributed by atoms with E-state index in [1.165, 1.54) is 20.2 Å². The van der Waals surface area contributed by atoms with Gasteiger partial charge in [-0.1, -0.05) is 0 Å². The first-order valence-corrected chi connectivity index (χ1v) is 9.27. The summed E-state index contributed by atoms with van der Waals surface area (Å²) in [4.78, 5) is 22.4. The molecule has 0 radical (unpaired) electrons. The van der Waals surface area contributed by atoms with Gasteiger partial charge in [-0.15, -0.1) is 4.52 Å². The quantitative estimate of drug-likeness (QED) is 0.189. The van der Waals surface area contributed by atoms with Crippen LogP contribution in [-0.4, -0.2) is 61.7 Å². The Morgan fingerprint density at radius 1 is 1.46 bits per heavy atom. The number of likely N-dealkylation sites (N-methyl/N-ethyl adjacent to an activating group) is 1. The van der Waals surface area contributed by atoms with Crippen LogP contribution in [0, 0.1) is 0 Å². The molecule has 1 aliphatic rings. The van der Waals surface area contributed by atoms with Crippen LogP contribution < -0.4 is 16.4 Å². The van der Waals surface area contributed by atoms with E-state index >= 15 is 0 Å². The Hall–Kier alpha value is -1.23. The summed E-state index contributed by atoms with van der Waals surface area (Å²) in [5.41, 5.74) is 5.36. The summed E-state index contributed by atoms with van der Waals surface area (Å²) in [6.07, 6.45) is -2.22. The van der Waals surface area contributed by atoms with Gasteiger partial charge in [0.05, 0.1) is 6.61 Å². The van der Waals surface area contributed by atoms with Crippen molar-refractivity contribution < 1.29 is 33.3 Å². The fourth-order valence-electron chi connectivity index (χ4n) is 1.94. The lowest BCUT2D eigenvalue weighted by atomic mass is 10.1. The Balaban J connectivity index is 2.91. The molecule has 1 rings (SSSR count). The number of nitrogens with one attached hydrogen (secondary N) is 2. The van der Waals surface area contributed by atoms with Gasteiger partial charge in [0, 0.05) is 18.8 Å². The second kappa shape index (κ2) is 9.92. The van der Waals surface area contributed by atoms with Crippen LogP contribution in [0.4, 0.5) is 0 Å². The lowest BCUT2D eigenvalue weighted by molar-refractivity contribution is -0.130. The van der Waals surface area contributed by atoms with Crippen LogP contribution in [0.15, 0.2) is 11.8 Å². The Morgan fingerprint density at radius 3 is 2.62 bits per heavy atom. The van der Waals surface area contributed by atoms with Crippen molar-refractivity contribution in [3.63, 3.8) is 0 Å². The van der Waals surface area contributed by atoms with E-state index in [4.69, 9.17) is 19.7 Å². The Kier molecular flexibility index (Phi) is 8.60. The van der Waals surface area contributed by atoms with Crippen LogP contribution in [0.5, 0.6) is 0 Å². The molecule has 0 aliphatic carbocycles. The number of nitrogens with two attached hydrogens (primary N) is 1. The van der Waals surface area contributed by atoms with Gasteiger partial charge in [-0.2, -0.15) is 0 Å². The third-order valence-electron chi connectivity index (χ3n) is 3.24. The maximum absolute atomic E-state index is 11.4. The van der Waals surface area contributed by atoms with E-state index in [-0.39, 0.29) is 18.1 Å². The van der Waals surface area contributed by atoms with Crippen molar-refractivity contribution in [3.05, 3.63) is 11.8 Å². The van der Waals surface area contributed by atoms with Gasteiger partial charge < -0.3 is 30.9 Å². The highest BCUT2D eigenvalue weighted by molar-refractivity contribution is 8.39. The van der Waals surface area contributed by atoms with Crippen LogP contribution in [0.25, 0.3) is 0 Å². The van der Waals surface area contributed by atoms with Crippen molar-refractivity contribution in [3.8, 4) is 0 Å². The zero-order valence-electron chi connectivity index (χ0n) is 13.2. The number of aliphatic hydroxyl groups excluding tert-OH is 1. The van der Waals surface area contributed by atoms with Crippen LogP contribution in [-0.2, 0) is 28.2 Å². The number of primary amides is 1. The number of amides is 2. The summed E-state index contributed by atoms with van der Waals surface area (Å²) in [6.45, 7) is 0.757. The lowest BCUT2D eigenvalue weighted by Gasteiger charge is -2.20. The van der Waals surface area contributed by atoms with Crippen molar-refractivity contribution in [2.75, 3.05) is 20.3 Å². The molecule has 0 aromatic carbocycles. The number of hydrogen-bond donors (Lipinski definition) is 5. The van der Waals surface area contributed by atoms with Gasteiger partial charge >= 0.3 is 7.23 Å². The van der Waals surface area contributed by atoms with E-state index in [2.05, 4.69) is 22.9 Å². The average Bonchev–Trinajstić information content (AvgIpc) is 2.86. The fraction of sp³-hybridized carbons (Fsp3) is 0.667. The van der Waals surface area contributed by atoms with E-state index in [1.807, 2.05) is 0 Å². The van der Waals surface area contributed by atoms with Gasteiger partial charge in [0.1, 0.15) is 31.1 Å². The molecule has 1 heterocycles. The molecule has 0 bridgehead atoms. The number of ether oxygens (including phenoxy) is 2. The molecule has 1 fully saturated rings. The van der Waals surface area contributed by atoms with Crippen molar-refractivity contribution in [1.82, 2.24) is 10.6 Å². The van der Waals surface area contributed by atoms with Crippen molar-refractivity contribution in [1.29, 1.82) is 0 Å². The summed E-state index contributed by atoms with van der Waals surface area (Å²) in [7, 11) is -0.851. The van der Waals surface area contributed by atoms with Gasteiger partial charge in [0.15, 0.2) is 12.3 Å².